The topological polar surface area (TPSA) is 55.8 Å². The highest BCUT2D eigenvalue weighted by molar-refractivity contribution is 6.33. The van der Waals surface area contributed by atoms with E-state index in [1.54, 1.807) is 23.1 Å². The minimum atomic E-state index is -5.58. The van der Waals surface area contributed by atoms with Crippen LogP contribution in [0.3, 0.4) is 0 Å². The van der Waals surface area contributed by atoms with Crippen LogP contribution in [0.2, 0.25) is 5.02 Å². The molecule has 0 spiro atoms. The van der Waals surface area contributed by atoms with Crippen LogP contribution in [0.1, 0.15) is 12.0 Å². The molecule has 196 valence electrons. The van der Waals surface area contributed by atoms with E-state index < -0.39 is 54.8 Å². The third-order valence-electron chi connectivity index (χ3n) is 7.36. The van der Waals surface area contributed by atoms with Gasteiger partial charge in [-0.3, -0.25) is 14.1 Å². The zero-order valence-corrected chi connectivity index (χ0v) is 19.2. The second-order valence-electron chi connectivity index (χ2n) is 9.59. The first kappa shape index (κ1) is 26.3. The van der Waals surface area contributed by atoms with Gasteiger partial charge in [0.1, 0.15) is 6.04 Å². The molecule has 35 heavy (non-hydrogen) atoms. The molecule has 0 aromatic heterocycles. The van der Waals surface area contributed by atoms with Crippen LogP contribution in [0.5, 0.6) is 0 Å². The van der Waals surface area contributed by atoms with E-state index in [2.05, 4.69) is 5.32 Å². The Morgan fingerprint density at radius 3 is 2.34 bits per heavy atom. The maximum atomic E-state index is 13.5. The van der Waals surface area contributed by atoms with Crippen molar-refractivity contribution in [2.75, 3.05) is 37.8 Å². The van der Waals surface area contributed by atoms with Crippen molar-refractivity contribution in [3.05, 3.63) is 28.8 Å². The number of rotatable bonds is 6. The molecule has 3 aliphatic rings. The number of halogens is 8. The minimum Gasteiger partial charge on any atom is -0.480 e. The van der Waals surface area contributed by atoms with Crippen molar-refractivity contribution >= 4 is 23.3 Å². The number of carboxylic acid groups (broad SMARTS) is 1. The molecular weight excluding hydrogens is 507 g/mol. The van der Waals surface area contributed by atoms with Gasteiger partial charge in [0.25, 0.3) is 0 Å². The zero-order chi connectivity index (χ0) is 25.7. The van der Waals surface area contributed by atoms with Crippen molar-refractivity contribution in [2.45, 2.75) is 37.4 Å². The SMILES string of the molecule is O=C(O)C1NC(C(C(F)(F)F)C(F)(F)F)C2CN(Cc3cccc(Cl)c3N3CC[C@H](CF)C3)CC12. The first-order chi connectivity index (χ1) is 16.3. The highest BCUT2D eigenvalue weighted by atomic mass is 35.5. The number of likely N-dealkylation sites (tertiary alicyclic amines) is 1. The van der Waals surface area contributed by atoms with E-state index in [1.807, 2.05) is 4.90 Å². The Morgan fingerprint density at radius 1 is 1.11 bits per heavy atom. The van der Waals surface area contributed by atoms with E-state index in [4.69, 9.17) is 11.6 Å². The number of anilines is 1. The Hall–Kier alpha value is -1.79. The number of nitrogens with zero attached hydrogens (tertiary/aromatic N) is 2. The fourth-order valence-corrected chi connectivity index (χ4v) is 6.21. The predicted octanol–water partition coefficient (Wildman–Crippen LogP) is 4.35. The summed E-state index contributed by atoms with van der Waals surface area (Å²) >= 11 is 6.42. The molecule has 5 nitrogen and oxygen atoms in total. The third kappa shape index (κ3) is 5.20. The van der Waals surface area contributed by atoms with Crippen molar-refractivity contribution in [1.82, 2.24) is 10.2 Å². The van der Waals surface area contributed by atoms with Gasteiger partial charge in [-0.2, -0.15) is 26.3 Å². The fraction of sp³-hybridized carbons (Fsp3) is 0.682. The molecule has 0 bridgehead atoms. The molecule has 3 saturated heterocycles. The number of fused-ring (bicyclic) bond motifs is 1. The summed E-state index contributed by atoms with van der Waals surface area (Å²) in [6.07, 6.45) is -10.5. The van der Waals surface area contributed by atoms with Crippen molar-refractivity contribution < 1.29 is 40.6 Å². The van der Waals surface area contributed by atoms with Gasteiger partial charge in [-0.1, -0.05) is 23.7 Å². The van der Waals surface area contributed by atoms with E-state index >= 15 is 0 Å². The van der Waals surface area contributed by atoms with Crippen LogP contribution >= 0.6 is 11.6 Å². The average Bonchev–Trinajstić information content (AvgIpc) is 3.42. The number of aliphatic carboxylic acids is 1. The third-order valence-corrected chi connectivity index (χ3v) is 7.67. The molecule has 3 fully saturated rings. The maximum Gasteiger partial charge on any atom is 0.402 e. The molecule has 1 aromatic carbocycles. The van der Waals surface area contributed by atoms with Gasteiger partial charge >= 0.3 is 18.3 Å². The van der Waals surface area contributed by atoms with Gasteiger partial charge in [-0.25, -0.2) is 0 Å². The van der Waals surface area contributed by atoms with Crippen LogP contribution < -0.4 is 10.2 Å². The molecule has 0 aliphatic carbocycles. The Balaban J connectivity index is 1.59. The number of nitrogens with one attached hydrogen (secondary N) is 1. The van der Waals surface area contributed by atoms with Gasteiger partial charge in [0.05, 0.1) is 17.4 Å². The van der Waals surface area contributed by atoms with E-state index in [1.165, 1.54) is 0 Å². The van der Waals surface area contributed by atoms with E-state index in [0.717, 1.165) is 0 Å². The van der Waals surface area contributed by atoms with Crippen molar-refractivity contribution in [3.63, 3.8) is 0 Å². The van der Waals surface area contributed by atoms with Crippen molar-refractivity contribution in [1.29, 1.82) is 0 Å². The first-order valence-corrected chi connectivity index (χ1v) is 11.6. The number of hydrogen-bond acceptors (Lipinski definition) is 4. The Kier molecular flexibility index (Phi) is 7.20. The monoisotopic (exact) mass is 531 g/mol. The van der Waals surface area contributed by atoms with Crippen LogP contribution in [-0.2, 0) is 11.3 Å². The summed E-state index contributed by atoms with van der Waals surface area (Å²) in [6, 6.07) is 1.49. The molecular formula is C22H25ClF7N3O2. The lowest BCUT2D eigenvalue weighted by Gasteiger charge is -2.32. The maximum absolute atomic E-state index is 13.5. The number of carboxylic acids is 1. The Bertz CT molecular complexity index is 931. The summed E-state index contributed by atoms with van der Waals surface area (Å²) in [5.41, 5.74) is 1.37. The molecule has 4 unspecified atom stereocenters. The summed E-state index contributed by atoms with van der Waals surface area (Å²) in [4.78, 5) is 15.3. The zero-order valence-electron chi connectivity index (χ0n) is 18.4. The van der Waals surface area contributed by atoms with Gasteiger partial charge < -0.3 is 15.3 Å². The lowest BCUT2D eigenvalue weighted by atomic mass is 9.84. The van der Waals surface area contributed by atoms with Gasteiger partial charge in [-0.15, -0.1) is 0 Å². The van der Waals surface area contributed by atoms with Crippen molar-refractivity contribution in [3.8, 4) is 0 Å². The molecule has 3 aliphatic heterocycles. The second-order valence-corrected chi connectivity index (χ2v) is 10.0. The summed E-state index contributed by atoms with van der Waals surface area (Å²) < 4.78 is 93.9. The van der Waals surface area contributed by atoms with E-state index in [9.17, 15) is 40.6 Å². The fourth-order valence-electron chi connectivity index (χ4n) is 5.89. The molecule has 3 heterocycles. The number of para-hydroxylation sites is 1. The number of benzene rings is 1. The number of hydrogen-bond donors (Lipinski definition) is 2. The largest absolute Gasteiger partial charge is 0.480 e. The Morgan fingerprint density at radius 2 is 1.77 bits per heavy atom. The summed E-state index contributed by atoms with van der Waals surface area (Å²) in [5, 5.41) is 12.1. The van der Waals surface area contributed by atoms with Crippen LogP contribution in [-0.4, -0.2) is 73.3 Å². The average molecular weight is 532 g/mol. The van der Waals surface area contributed by atoms with Gasteiger partial charge in [0, 0.05) is 50.6 Å². The quantitative estimate of drug-likeness (QED) is 0.535. The van der Waals surface area contributed by atoms with Gasteiger partial charge in [0.15, 0.2) is 5.92 Å². The molecule has 1 aromatic rings. The minimum absolute atomic E-state index is 0.0205. The molecule has 0 saturated carbocycles. The normalized spacial score (nSPS) is 29.9. The molecule has 5 atom stereocenters. The molecule has 2 N–H and O–H groups in total. The lowest BCUT2D eigenvalue weighted by Crippen LogP contribution is -2.53. The molecule has 0 radical (unpaired) electrons. The molecule has 0 amide bonds. The highest BCUT2D eigenvalue weighted by Crippen LogP contribution is 2.49. The lowest BCUT2D eigenvalue weighted by molar-refractivity contribution is -0.293. The van der Waals surface area contributed by atoms with Gasteiger partial charge in [-0.05, 0) is 24.0 Å². The molecule has 13 heteroatoms. The summed E-state index contributed by atoms with van der Waals surface area (Å²) in [7, 11) is 0. The number of carbonyl (C=O) groups is 1. The van der Waals surface area contributed by atoms with Crippen LogP contribution in [0.25, 0.3) is 0 Å². The second kappa shape index (κ2) is 9.59. The highest BCUT2D eigenvalue weighted by Gasteiger charge is 2.66. The van der Waals surface area contributed by atoms with Crippen LogP contribution in [0.4, 0.5) is 36.4 Å². The first-order valence-electron chi connectivity index (χ1n) is 11.2. The Labute approximate surface area is 202 Å². The van der Waals surface area contributed by atoms with Crippen LogP contribution in [0.15, 0.2) is 18.2 Å². The predicted molar refractivity (Wildman–Crippen MR) is 114 cm³/mol. The number of alkyl halides is 7. The summed E-state index contributed by atoms with van der Waals surface area (Å²) in [6.45, 7) is 0.602. The summed E-state index contributed by atoms with van der Waals surface area (Å²) in [5.74, 6) is -7.37. The standard InChI is InChI=1S/C22H25ClF7N3O2/c23-15-3-1-2-12(18(15)33-5-4-11(6-24)7-33)8-32-9-13-14(10-32)17(20(34)35)31-16(13)19(21(25,26)27)22(28,29)30/h1-3,11,13-14,16-17,19,31H,4-10H2,(H,34,35)/t11-,13?,14?,16?,17?/m1/s1. The van der Waals surface area contributed by atoms with Gasteiger partial charge in [0.2, 0.25) is 0 Å². The van der Waals surface area contributed by atoms with Crippen molar-refractivity contribution in [2.24, 2.45) is 23.7 Å². The smallest absolute Gasteiger partial charge is 0.402 e. The van der Waals surface area contributed by atoms with Crippen LogP contribution in [0, 0.1) is 23.7 Å². The molecule has 4 rings (SSSR count). The van der Waals surface area contributed by atoms with E-state index in [-0.39, 0.29) is 25.6 Å². The van der Waals surface area contributed by atoms with E-state index in [0.29, 0.717) is 35.8 Å².